The van der Waals surface area contributed by atoms with Crippen LogP contribution in [0, 0.1) is 6.92 Å². The molecule has 112 valence electrons. The molecule has 0 spiro atoms. The minimum Gasteiger partial charge on any atom is -0.398 e. The number of nitrogen functional groups attached to an aromatic ring is 1. The Morgan fingerprint density at radius 3 is 2.85 bits per heavy atom. The van der Waals surface area contributed by atoms with Gasteiger partial charge in [-0.25, -0.2) is 8.42 Å². The van der Waals surface area contributed by atoms with Gasteiger partial charge in [-0.2, -0.15) is 0 Å². The van der Waals surface area contributed by atoms with Crippen LogP contribution < -0.4 is 5.73 Å². The lowest BCUT2D eigenvalue weighted by Crippen LogP contribution is -2.45. The Morgan fingerprint density at radius 2 is 2.20 bits per heavy atom. The number of morpholine rings is 1. The van der Waals surface area contributed by atoms with Gasteiger partial charge in [-0.05, 0) is 31.2 Å². The summed E-state index contributed by atoms with van der Waals surface area (Å²) in [5.41, 5.74) is 7.10. The predicted molar refractivity (Wildman–Crippen MR) is 79.5 cm³/mol. The number of hydrogen-bond acceptors (Lipinski definition) is 5. The number of ether oxygens (including phenoxy) is 1. The van der Waals surface area contributed by atoms with Crippen LogP contribution >= 0.6 is 0 Å². The van der Waals surface area contributed by atoms with Gasteiger partial charge >= 0.3 is 0 Å². The molecule has 0 amide bonds. The number of aryl methyl sites for hydroxylation is 1. The number of sulfone groups is 1. The van der Waals surface area contributed by atoms with Crippen molar-refractivity contribution in [2.45, 2.75) is 24.8 Å². The van der Waals surface area contributed by atoms with Crippen LogP contribution in [0.1, 0.15) is 12.5 Å². The highest BCUT2D eigenvalue weighted by Crippen LogP contribution is 2.22. The Hall–Kier alpha value is -1.11. The highest BCUT2D eigenvalue weighted by Gasteiger charge is 2.27. The SMILES string of the molecule is CCN1CCOC(CS(=O)(=O)c2ccc(C)cc2N)C1. The molecule has 0 aromatic heterocycles. The van der Waals surface area contributed by atoms with Gasteiger partial charge in [0.05, 0.1) is 29.0 Å². The van der Waals surface area contributed by atoms with Gasteiger partial charge in [0, 0.05) is 13.1 Å². The minimum absolute atomic E-state index is 0.0171. The monoisotopic (exact) mass is 298 g/mol. The molecule has 1 fully saturated rings. The lowest BCUT2D eigenvalue weighted by molar-refractivity contribution is -0.0145. The fourth-order valence-electron chi connectivity index (χ4n) is 2.45. The molecule has 2 rings (SSSR count). The van der Waals surface area contributed by atoms with E-state index >= 15 is 0 Å². The summed E-state index contributed by atoms with van der Waals surface area (Å²) in [4.78, 5) is 2.41. The molecule has 0 radical (unpaired) electrons. The van der Waals surface area contributed by atoms with Crippen molar-refractivity contribution >= 4 is 15.5 Å². The van der Waals surface area contributed by atoms with Gasteiger partial charge in [-0.1, -0.05) is 13.0 Å². The summed E-state index contributed by atoms with van der Waals surface area (Å²) in [6.07, 6.45) is -0.283. The van der Waals surface area contributed by atoms with Crippen LogP contribution in [0.3, 0.4) is 0 Å². The van der Waals surface area contributed by atoms with E-state index in [1.54, 1.807) is 18.2 Å². The molecule has 0 bridgehead atoms. The number of hydrogen-bond donors (Lipinski definition) is 1. The first kappa shape index (κ1) is 15.3. The molecule has 1 aromatic carbocycles. The molecule has 1 aromatic rings. The average Bonchev–Trinajstić information content (AvgIpc) is 2.37. The first-order chi connectivity index (χ1) is 9.42. The third-order valence-corrected chi connectivity index (χ3v) is 5.43. The summed E-state index contributed by atoms with van der Waals surface area (Å²) in [7, 11) is -3.42. The van der Waals surface area contributed by atoms with E-state index in [-0.39, 0.29) is 16.8 Å². The van der Waals surface area contributed by atoms with Gasteiger partial charge < -0.3 is 10.5 Å². The first-order valence-corrected chi connectivity index (χ1v) is 8.50. The van der Waals surface area contributed by atoms with Gasteiger partial charge in [-0.3, -0.25) is 4.90 Å². The molecular formula is C14H22N2O3S. The number of benzene rings is 1. The van der Waals surface area contributed by atoms with Gasteiger partial charge in [-0.15, -0.1) is 0 Å². The molecule has 1 aliphatic heterocycles. The number of likely N-dealkylation sites (N-methyl/N-ethyl adjacent to an activating group) is 1. The number of nitrogens with two attached hydrogens (primary N) is 1. The van der Waals surface area contributed by atoms with Crippen LogP contribution in [0.15, 0.2) is 23.1 Å². The quantitative estimate of drug-likeness (QED) is 0.842. The van der Waals surface area contributed by atoms with E-state index < -0.39 is 9.84 Å². The third-order valence-electron chi connectivity index (χ3n) is 3.58. The predicted octanol–water partition coefficient (Wildman–Crippen LogP) is 1.07. The smallest absolute Gasteiger partial charge is 0.183 e. The number of rotatable bonds is 4. The first-order valence-electron chi connectivity index (χ1n) is 6.85. The zero-order valence-electron chi connectivity index (χ0n) is 12.0. The van der Waals surface area contributed by atoms with Gasteiger partial charge in [0.1, 0.15) is 0 Å². The van der Waals surface area contributed by atoms with Crippen LogP contribution in [0.4, 0.5) is 5.69 Å². The van der Waals surface area contributed by atoms with E-state index in [0.717, 1.165) is 18.7 Å². The molecule has 1 atom stereocenters. The average molecular weight is 298 g/mol. The van der Waals surface area contributed by atoms with E-state index in [0.29, 0.717) is 18.8 Å². The fraction of sp³-hybridized carbons (Fsp3) is 0.571. The van der Waals surface area contributed by atoms with E-state index in [2.05, 4.69) is 11.8 Å². The van der Waals surface area contributed by atoms with Crippen LogP contribution in [0.2, 0.25) is 0 Å². The van der Waals surface area contributed by atoms with Crippen molar-refractivity contribution in [1.82, 2.24) is 4.90 Å². The van der Waals surface area contributed by atoms with E-state index in [1.807, 2.05) is 6.92 Å². The second-order valence-corrected chi connectivity index (χ2v) is 7.21. The minimum atomic E-state index is -3.42. The highest BCUT2D eigenvalue weighted by molar-refractivity contribution is 7.91. The zero-order valence-corrected chi connectivity index (χ0v) is 12.8. The van der Waals surface area contributed by atoms with Crippen LogP contribution in [-0.2, 0) is 14.6 Å². The maximum Gasteiger partial charge on any atom is 0.183 e. The van der Waals surface area contributed by atoms with E-state index in [1.165, 1.54) is 0 Å². The third kappa shape index (κ3) is 3.50. The second-order valence-electron chi connectivity index (χ2n) is 5.21. The van der Waals surface area contributed by atoms with Crippen molar-refractivity contribution in [2.75, 3.05) is 37.7 Å². The Bertz CT molecular complexity index is 572. The summed E-state index contributed by atoms with van der Waals surface area (Å²) in [5, 5.41) is 0. The maximum atomic E-state index is 12.4. The molecule has 6 heteroatoms. The highest BCUT2D eigenvalue weighted by atomic mass is 32.2. The van der Waals surface area contributed by atoms with Crippen molar-refractivity contribution in [3.8, 4) is 0 Å². The summed E-state index contributed by atoms with van der Waals surface area (Å²) in [5.74, 6) is -0.0171. The molecule has 1 heterocycles. The number of nitrogens with zero attached hydrogens (tertiary/aromatic N) is 1. The fourth-order valence-corrected chi connectivity index (χ4v) is 4.02. The summed E-state index contributed by atoms with van der Waals surface area (Å²) in [6.45, 7) is 6.95. The van der Waals surface area contributed by atoms with Crippen LogP contribution in [-0.4, -0.2) is 51.4 Å². The largest absolute Gasteiger partial charge is 0.398 e. The molecule has 5 nitrogen and oxygen atoms in total. The van der Waals surface area contributed by atoms with Crippen molar-refractivity contribution in [2.24, 2.45) is 0 Å². The Kier molecular flexibility index (Phi) is 4.67. The Labute approximate surface area is 120 Å². The van der Waals surface area contributed by atoms with Gasteiger partial charge in [0.15, 0.2) is 9.84 Å². The zero-order chi connectivity index (χ0) is 14.8. The summed E-state index contributed by atoms with van der Waals surface area (Å²) < 4.78 is 30.5. The molecule has 20 heavy (non-hydrogen) atoms. The second kappa shape index (κ2) is 6.11. The van der Waals surface area contributed by atoms with Gasteiger partial charge in [0.25, 0.3) is 0 Å². The lowest BCUT2D eigenvalue weighted by atomic mass is 10.2. The van der Waals surface area contributed by atoms with Crippen molar-refractivity contribution in [3.05, 3.63) is 23.8 Å². The van der Waals surface area contributed by atoms with Crippen molar-refractivity contribution in [1.29, 1.82) is 0 Å². The molecule has 1 saturated heterocycles. The van der Waals surface area contributed by atoms with Crippen LogP contribution in [0.5, 0.6) is 0 Å². The topological polar surface area (TPSA) is 72.6 Å². The van der Waals surface area contributed by atoms with E-state index in [4.69, 9.17) is 10.5 Å². The van der Waals surface area contributed by atoms with Crippen LogP contribution in [0.25, 0.3) is 0 Å². The Balaban J connectivity index is 2.14. The lowest BCUT2D eigenvalue weighted by Gasteiger charge is -2.31. The number of anilines is 1. The van der Waals surface area contributed by atoms with E-state index in [9.17, 15) is 8.42 Å². The molecule has 1 unspecified atom stereocenters. The Morgan fingerprint density at radius 1 is 1.45 bits per heavy atom. The van der Waals surface area contributed by atoms with Crippen molar-refractivity contribution in [3.63, 3.8) is 0 Å². The molecular weight excluding hydrogens is 276 g/mol. The summed E-state index contributed by atoms with van der Waals surface area (Å²) >= 11 is 0. The maximum absolute atomic E-state index is 12.4. The molecule has 0 saturated carbocycles. The van der Waals surface area contributed by atoms with Gasteiger partial charge in [0.2, 0.25) is 0 Å². The molecule has 2 N–H and O–H groups in total. The summed E-state index contributed by atoms with van der Waals surface area (Å²) in [6, 6.07) is 5.04. The molecule has 1 aliphatic rings. The molecule has 0 aliphatic carbocycles. The van der Waals surface area contributed by atoms with Crippen molar-refractivity contribution < 1.29 is 13.2 Å². The normalized spacial score (nSPS) is 21.0. The standard InChI is InChI=1S/C14H22N2O3S/c1-3-16-6-7-19-12(9-16)10-20(17,18)14-5-4-11(2)8-13(14)15/h4-5,8,12H,3,6-7,9-10,15H2,1-2H3.